The van der Waals surface area contributed by atoms with Gasteiger partial charge >= 0.3 is 6.09 Å². The zero-order chi connectivity index (χ0) is 31.6. The van der Waals surface area contributed by atoms with Crippen LogP contribution in [0.1, 0.15) is 20.8 Å². The van der Waals surface area contributed by atoms with E-state index in [4.69, 9.17) is 23.7 Å². The second-order valence-corrected chi connectivity index (χ2v) is 11.7. The SMILES string of the molecule is COc1cc2ncnc(Nc3ccc(Oc4ccnc(N5CCOCC5)c4)cc3F)c2cc1OC1CN(C(=O)OC(C)(C)C)C1. The van der Waals surface area contributed by atoms with E-state index in [2.05, 4.69) is 25.2 Å². The zero-order valence-electron chi connectivity index (χ0n) is 25.6. The molecule has 2 aromatic carbocycles. The number of benzene rings is 2. The van der Waals surface area contributed by atoms with Crippen LogP contribution in [0.3, 0.4) is 0 Å². The van der Waals surface area contributed by atoms with Crippen molar-refractivity contribution in [2.45, 2.75) is 32.5 Å². The van der Waals surface area contributed by atoms with Crippen molar-refractivity contribution in [2.75, 3.05) is 56.7 Å². The first-order valence-corrected chi connectivity index (χ1v) is 14.7. The summed E-state index contributed by atoms with van der Waals surface area (Å²) in [5.74, 6) is 2.46. The summed E-state index contributed by atoms with van der Waals surface area (Å²) in [6.07, 6.45) is 2.42. The number of hydrogen-bond acceptors (Lipinski definition) is 11. The molecule has 1 amide bonds. The van der Waals surface area contributed by atoms with Crippen LogP contribution in [0.15, 0.2) is 55.0 Å². The van der Waals surface area contributed by atoms with Gasteiger partial charge in [-0.25, -0.2) is 24.1 Å². The van der Waals surface area contributed by atoms with E-state index < -0.39 is 11.4 Å². The number of pyridine rings is 1. The van der Waals surface area contributed by atoms with Gasteiger partial charge in [-0.15, -0.1) is 0 Å². The van der Waals surface area contributed by atoms with Crippen LogP contribution < -0.4 is 24.4 Å². The number of likely N-dealkylation sites (tertiary alicyclic amines) is 1. The first-order valence-electron chi connectivity index (χ1n) is 14.7. The van der Waals surface area contributed by atoms with Crippen molar-refractivity contribution in [2.24, 2.45) is 0 Å². The van der Waals surface area contributed by atoms with Crippen molar-refractivity contribution in [3.63, 3.8) is 0 Å². The molecule has 4 aromatic rings. The third-order valence-corrected chi connectivity index (χ3v) is 7.20. The average molecular weight is 619 g/mol. The molecule has 4 heterocycles. The van der Waals surface area contributed by atoms with Gasteiger partial charge in [0.1, 0.15) is 47.0 Å². The highest BCUT2D eigenvalue weighted by Gasteiger charge is 2.35. The number of nitrogens with zero attached hydrogens (tertiary/aromatic N) is 5. The highest BCUT2D eigenvalue weighted by atomic mass is 19.1. The summed E-state index contributed by atoms with van der Waals surface area (Å²) in [5, 5.41) is 3.67. The Morgan fingerprint density at radius 2 is 1.78 bits per heavy atom. The summed E-state index contributed by atoms with van der Waals surface area (Å²) in [4.78, 5) is 29.2. The normalized spacial score (nSPS) is 15.4. The van der Waals surface area contributed by atoms with Crippen LogP contribution in [-0.4, -0.2) is 84.2 Å². The predicted molar refractivity (Wildman–Crippen MR) is 165 cm³/mol. The van der Waals surface area contributed by atoms with Crippen LogP contribution in [0.4, 0.5) is 26.5 Å². The maximum Gasteiger partial charge on any atom is 0.410 e. The maximum atomic E-state index is 15.3. The van der Waals surface area contributed by atoms with Gasteiger partial charge in [-0.05, 0) is 45.0 Å². The number of carbonyl (C=O) groups excluding carboxylic acids is 1. The highest BCUT2D eigenvalue weighted by Crippen LogP contribution is 2.37. The summed E-state index contributed by atoms with van der Waals surface area (Å²) in [7, 11) is 1.54. The lowest BCUT2D eigenvalue weighted by Gasteiger charge is -2.39. The Labute approximate surface area is 260 Å². The van der Waals surface area contributed by atoms with E-state index in [9.17, 15) is 4.79 Å². The van der Waals surface area contributed by atoms with Crippen LogP contribution in [-0.2, 0) is 9.47 Å². The van der Waals surface area contributed by atoms with Crippen LogP contribution >= 0.6 is 0 Å². The van der Waals surface area contributed by atoms with Gasteiger partial charge in [0.15, 0.2) is 11.5 Å². The molecule has 0 unspecified atom stereocenters. The number of nitrogens with one attached hydrogen (secondary N) is 1. The molecule has 2 aliphatic rings. The van der Waals surface area contributed by atoms with Crippen LogP contribution in [0, 0.1) is 5.82 Å². The van der Waals surface area contributed by atoms with Crippen molar-refractivity contribution in [1.82, 2.24) is 19.9 Å². The zero-order valence-corrected chi connectivity index (χ0v) is 25.6. The topological polar surface area (TPSA) is 120 Å². The Kier molecular flexibility index (Phi) is 8.44. The number of hydrogen-bond donors (Lipinski definition) is 1. The van der Waals surface area contributed by atoms with E-state index in [-0.39, 0.29) is 17.9 Å². The first kappa shape index (κ1) is 30.1. The minimum Gasteiger partial charge on any atom is -0.493 e. The summed E-state index contributed by atoms with van der Waals surface area (Å²) >= 11 is 0. The van der Waals surface area contributed by atoms with Gasteiger partial charge in [-0.1, -0.05) is 0 Å². The number of ether oxygens (including phenoxy) is 5. The lowest BCUT2D eigenvalue weighted by Crippen LogP contribution is -2.57. The van der Waals surface area contributed by atoms with E-state index in [1.54, 1.807) is 41.4 Å². The van der Waals surface area contributed by atoms with Crippen LogP contribution in [0.5, 0.6) is 23.0 Å². The summed E-state index contributed by atoms with van der Waals surface area (Å²) in [6.45, 7) is 9.00. The van der Waals surface area contributed by atoms with Crippen LogP contribution in [0.25, 0.3) is 10.9 Å². The van der Waals surface area contributed by atoms with Gasteiger partial charge in [-0.3, -0.25) is 0 Å². The van der Waals surface area contributed by atoms with Gasteiger partial charge in [0.05, 0.1) is 44.6 Å². The fourth-order valence-electron chi connectivity index (χ4n) is 4.94. The molecule has 0 atom stereocenters. The predicted octanol–water partition coefficient (Wildman–Crippen LogP) is 5.54. The third kappa shape index (κ3) is 7.09. The molecule has 0 radical (unpaired) electrons. The Bertz CT molecular complexity index is 1690. The van der Waals surface area contributed by atoms with Crippen molar-refractivity contribution >= 4 is 34.3 Å². The molecule has 0 saturated carbocycles. The second kappa shape index (κ2) is 12.6. The first-order chi connectivity index (χ1) is 21.6. The van der Waals surface area contributed by atoms with Crippen molar-refractivity contribution in [1.29, 1.82) is 0 Å². The van der Waals surface area contributed by atoms with Crippen molar-refractivity contribution in [3.8, 4) is 23.0 Å². The number of anilines is 3. The molecule has 0 spiro atoms. The molecular formula is C32H35FN6O6. The van der Waals surface area contributed by atoms with Gasteiger partial charge in [0, 0.05) is 42.9 Å². The number of morpholine rings is 1. The van der Waals surface area contributed by atoms with Gasteiger partial charge in [0.25, 0.3) is 0 Å². The van der Waals surface area contributed by atoms with Crippen molar-refractivity contribution in [3.05, 3.63) is 60.8 Å². The minimum atomic E-state index is -0.576. The number of carbonyl (C=O) groups is 1. The molecule has 2 aliphatic heterocycles. The standard InChI is InChI=1S/C32H35FN6O6/c1-32(2,3)45-31(40)39-17-22(18-39)44-28-15-23-26(16-27(28)41-4)35-19-36-30(23)37-25-6-5-20(13-24(25)33)43-21-7-8-34-29(14-21)38-9-11-42-12-10-38/h5-8,13-16,19,22H,9-12,17-18H2,1-4H3,(H,35,36,37). The molecule has 45 heavy (non-hydrogen) atoms. The molecule has 0 bridgehead atoms. The monoisotopic (exact) mass is 618 g/mol. The molecule has 236 valence electrons. The summed E-state index contributed by atoms with van der Waals surface area (Å²) < 4.78 is 43.8. The Morgan fingerprint density at radius 1 is 1.00 bits per heavy atom. The third-order valence-electron chi connectivity index (χ3n) is 7.20. The fraction of sp³-hybridized carbons (Fsp3) is 0.375. The molecule has 1 N–H and O–H groups in total. The second-order valence-electron chi connectivity index (χ2n) is 11.7. The minimum absolute atomic E-state index is 0.205. The Morgan fingerprint density at radius 3 is 2.51 bits per heavy atom. The number of rotatable bonds is 8. The van der Waals surface area contributed by atoms with Gasteiger partial charge < -0.3 is 38.8 Å². The molecule has 13 heteroatoms. The van der Waals surface area contributed by atoms with Crippen LogP contribution in [0.2, 0.25) is 0 Å². The Balaban J connectivity index is 1.16. The summed E-state index contributed by atoms with van der Waals surface area (Å²) in [5.41, 5.74) is 0.208. The Hall–Kier alpha value is -4.91. The lowest BCUT2D eigenvalue weighted by atomic mass is 10.1. The van der Waals surface area contributed by atoms with E-state index in [1.165, 1.54) is 19.5 Å². The smallest absolute Gasteiger partial charge is 0.410 e. The molecule has 2 fully saturated rings. The molecule has 6 rings (SSSR count). The molecule has 2 saturated heterocycles. The molecule has 0 aliphatic carbocycles. The van der Waals surface area contributed by atoms with E-state index in [1.807, 2.05) is 26.8 Å². The highest BCUT2D eigenvalue weighted by molar-refractivity contribution is 5.93. The number of amides is 1. The summed E-state index contributed by atoms with van der Waals surface area (Å²) in [6, 6.07) is 11.6. The van der Waals surface area contributed by atoms with E-state index in [0.29, 0.717) is 66.0 Å². The number of fused-ring (bicyclic) bond motifs is 1. The lowest BCUT2D eigenvalue weighted by molar-refractivity contribution is -0.0225. The fourth-order valence-corrected chi connectivity index (χ4v) is 4.94. The number of aromatic nitrogens is 3. The van der Waals surface area contributed by atoms with E-state index >= 15 is 4.39 Å². The van der Waals surface area contributed by atoms with Gasteiger partial charge in [0.2, 0.25) is 0 Å². The average Bonchev–Trinajstić information content (AvgIpc) is 2.99. The maximum absolute atomic E-state index is 15.3. The van der Waals surface area contributed by atoms with E-state index in [0.717, 1.165) is 18.9 Å². The largest absolute Gasteiger partial charge is 0.493 e. The molecule has 12 nitrogen and oxygen atoms in total. The van der Waals surface area contributed by atoms with Gasteiger partial charge in [-0.2, -0.15) is 0 Å². The van der Waals surface area contributed by atoms with Crippen molar-refractivity contribution < 1.29 is 32.9 Å². The number of methoxy groups -OCH3 is 1. The quantitative estimate of drug-likeness (QED) is 0.268. The molecule has 2 aromatic heterocycles. The number of halogens is 1. The molecular weight excluding hydrogens is 583 g/mol.